The molecule has 0 saturated heterocycles. The lowest BCUT2D eigenvalue weighted by Gasteiger charge is -2.10. The van der Waals surface area contributed by atoms with E-state index in [2.05, 4.69) is 15.0 Å². The number of hydrogen-bond acceptors (Lipinski definition) is 4. The van der Waals surface area contributed by atoms with Crippen LogP contribution >= 0.6 is 0 Å². The minimum absolute atomic E-state index is 0.0483. The molecule has 1 aliphatic carbocycles. The van der Waals surface area contributed by atoms with Gasteiger partial charge >= 0.3 is 0 Å². The van der Waals surface area contributed by atoms with E-state index in [1.165, 1.54) is 0 Å². The van der Waals surface area contributed by atoms with E-state index >= 15 is 0 Å². The molecule has 1 heterocycles. The quantitative estimate of drug-likeness (QED) is 0.670. The molecular formula is C21H21N3O3S. The summed E-state index contributed by atoms with van der Waals surface area (Å²) in [5, 5.41) is 3.66. The van der Waals surface area contributed by atoms with E-state index in [4.69, 9.17) is 0 Å². The molecule has 1 aliphatic rings. The second-order valence-electron chi connectivity index (χ2n) is 7.13. The molecule has 0 atom stereocenters. The summed E-state index contributed by atoms with van der Waals surface area (Å²) in [6, 6.07) is 14.2. The van der Waals surface area contributed by atoms with Crippen molar-refractivity contribution in [3.8, 4) is 0 Å². The van der Waals surface area contributed by atoms with Gasteiger partial charge in [-0.3, -0.25) is 9.78 Å². The molecule has 6 nitrogen and oxygen atoms in total. The number of aryl methyl sites for hydroxylation is 1. The Morgan fingerprint density at radius 3 is 2.61 bits per heavy atom. The van der Waals surface area contributed by atoms with Gasteiger partial charge in [-0.05, 0) is 55.2 Å². The van der Waals surface area contributed by atoms with E-state index in [1.807, 2.05) is 19.1 Å². The highest BCUT2D eigenvalue weighted by molar-refractivity contribution is 7.89. The maximum Gasteiger partial charge on any atom is 0.243 e. The van der Waals surface area contributed by atoms with E-state index in [-0.39, 0.29) is 23.3 Å². The number of amides is 1. The zero-order valence-corrected chi connectivity index (χ0v) is 16.3. The highest BCUT2D eigenvalue weighted by Crippen LogP contribution is 2.30. The Morgan fingerprint density at radius 1 is 1.14 bits per heavy atom. The molecule has 144 valence electrons. The molecule has 0 spiro atoms. The topological polar surface area (TPSA) is 88.2 Å². The zero-order chi connectivity index (χ0) is 19.7. The van der Waals surface area contributed by atoms with Crippen LogP contribution in [0.4, 0.5) is 5.69 Å². The summed E-state index contributed by atoms with van der Waals surface area (Å²) in [4.78, 5) is 16.3. The fraction of sp³-hybridized carbons (Fsp3) is 0.238. The van der Waals surface area contributed by atoms with Gasteiger partial charge in [0.25, 0.3) is 0 Å². The zero-order valence-electron chi connectivity index (χ0n) is 15.5. The third-order valence-corrected chi connectivity index (χ3v) is 6.17. The van der Waals surface area contributed by atoms with Crippen LogP contribution in [0, 0.1) is 12.8 Å². The number of benzene rings is 2. The van der Waals surface area contributed by atoms with Crippen LogP contribution in [0.1, 0.15) is 24.0 Å². The number of fused-ring (bicyclic) bond motifs is 1. The summed E-state index contributed by atoms with van der Waals surface area (Å²) in [6.07, 6.45) is 3.57. The number of carbonyl (C=O) groups is 1. The van der Waals surface area contributed by atoms with Crippen molar-refractivity contribution in [1.82, 2.24) is 9.71 Å². The monoisotopic (exact) mass is 395 g/mol. The maximum absolute atomic E-state index is 12.8. The molecule has 28 heavy (non-hydrogen) atoms. The van der Waals surface area contributed by atoms with Crippen LogP contribution in [0.2, 0.25) is 0 Å². The molecule has 1 saturated carbocycles. The molecule has 1 amide bonds. The van der Waals surface area contributed by atoms with Gasteiger partial charge in [0.1, 0.15) is 4.90 Å². The third-order valence-electron chi connectivity index (χ3n) is 4.74. The van der Waals surface area contributed by atoms with Crippen LogP contribution in [-0.4, -0.2) is 19.3 Å². The number of nitrogens with zero attached hydrogens (tertiary/aromatic N) is 1. The van der Waals surface area contributed by atoms with E-state index in [0.717, 1.165) is 35.0 Å². The van der Waals surface area contributed by atoms with Crippen LogP contribution < -0.4 is 10.0 Å². The average Bonchev–Trinajstić information content (AvgIpc) is 3.52. The number of aromatic nitrogens is 1. The molecule has 1 aromatic heterocycles. The van der Waals surface area contributed by atoms with E-state index < -0.39 is 10.0 Å². The van der Waals surface area contributed by atoms with E-state index in [0.29, 0.717) is 5.52 Å². The Kier molecular flexibility index (Phi) is 4.87. The molecule has 0 bridgehead atoms. The SMILES string of the molecule is Cc1cnc2c(S(=O)(=O)NCc3ccc(NC(=O)C4CC4)cc3)cccc2c1. The summed E-state index contributed by atoms with van der Waals surface area (Å²) in [5.41, 5.74) is 2.96. The summed E-state index contributed by atoms with van der Waals surface area (Å²) >= 11 is 0. The lowest BCUT2D eigenvalue weighted by atomic mass is 10.2. The molecule has 2 N–H and O–H groups in total. The van der Waals surface area contributed by atoms with Crippen molar-refractivity contribution in [3.05, 3.63) is 65.9 Å². The number of carbonyl (C=O) groups excluding carboxylic acids is 1. The smallest absolute Gasteiger partial charge is 0.243 e. The van der Waals surface area contributed by atoms with Gasteiger partial charge < -0.3 is 5.32 Å². The molecule has 7 heteroatoms. The molecule has 0 aliphatic heterocycles. The number of anilines is 1. The van der Waals surface area contributed by atoms with Gasteiger partial charge in [0.15, 0.2) is 0 Å². The predicted molar refractivity (Wildman–Crippen MR) is 108 cm³/mol. The second kappa shape index (κ2) is 7.33. The van der Waals surface area contributed by atoms with Crippen molar-refractivity contribution < 1.29 is 13.2 Å². The molecular weight excluding hydrogens is 374 g/mol. The highest BCUT2D eigenvalue weighted by atomic mass is 32.2. The van der Waals surface area contributed by atoms with Crippen LogP contribution in [-0.2, 0) is 21.4 Å². The van der Waals surface area contributed by atoms with Crippen molar-refractivity contribution in [2.24, 2.45) is 5.92 Å². The van der Waals surface area contributed by atoms with Gasteiger partial charge in [-0.2, -0.15) is 0 Å². The average molecular weight is 395 g/mol. The van der Waals surface area contributed by atoms with Crippen LogP contribution in [0.5, 0.6) is 0 Å². The molecule has 1 fully saturated rings. The van der Waals surface area contributed by atoms with Gasteiger partial charge in [0, 0.05) is 29.7 Å². The molecule has 2 aromatic carbocycles. The van der Waals surface area contributed by atoms with Crippen molar-refractivity contribution in [2.75, 3.05) is 5.32 Å². The van der Waals surface area contributed by atoms with Crippen LogP contribution in [0.25, 0.3) is 10.9 Å². The Labute approximate surface area is 164 Å². The number of sulfonamides is 1. The summed E-state index contributed by atoms with van der Waals surface area (Å²) < 4.78 is 28.2. The largest absolute Gasteiger partial charge is 0.326 e. The van der Waals surface area contributed by atoms with Crippen molar-refractivity contribution >= 4 is 32.5 Å². The number of rotatable bonds is 6. The summed E-state index contributed by atoms with van der Waals surface area (Å²) in [7, 11) is -3.71. The lowest BCUT2D eigenvalue weighted by molar-refractivity contribution is -0.117. The van der Waals surface area contributed by atoms with Crippen LogP contribution in [0.3, 0.4) is 0 Å². The standard InChI is InChI=1S/C21H21N3O3S/c1-14-11-17-3-2-4-19(20(17)22-12-14)28(26,27)23-13-15-5-9-18(10-6-15)24-21(25)16-7-8-16/h2-6,9-12,16,23H,7-8,13H2,1H3,(H,24,25). The predicted octanol–water partition coefficient (Wildman–Crippen LogP) is 3.37. The first-order valence-electron chi connectivity index (χ1n) is 9.17. The van der Waals surface area contributed by atoms with Gasteiger partial charge in [-0.15, -0.1) is 0 Å². The minimum atomic E-state index is -3.71. The number of pyridine rings is 1. The van der Waals surface area contributed by atoms with Crippen molar-refractivity contribution in [2.45, 2.75) is 31.2 Å². The number of para-hydroxylation sites is 1. The Balaban J connectivity index is 1.47. The summed E-state index contributed by atoms with van der Waals surface area (Å²) in [5.74, 6) is 0.191. The van der Waals surface area contributed by atoms with Crippen molar-refractivity contribution in [1.29, 1.82) is 0 Å². The van der Waals surface area contributed by atoms with Gasteiger partial charge in [0.05, 0.1) is 5.52 Å². The Morgan fingerprint density at radius 2 is 1.89 bits per heavy atom. The van der Waals surface area contributed by atoms with Gasteiger partial charge in [-0.25, -0.2) is 13.1 Å². The van der Waals surface area contributed by atoms with Crippen LogP contribution in [0.15, 0.2) is 59.6 Å². The minimum Gasteiger partial charge on any atom is -0.326 e. The Bertz CT molecular complexity index is 1140. The number of nitrogens with one attached hydrogen (secondary N) is 2. The molecule has 3 aromatic rings. The fourth-order valence-corrected chi connectivity index (χ4v) is 4.21. The third kappa shape index (κ3) is 4.05. The second-order valence-corrected chi connectivity index (χ2v) is 8.86. The van der Waals surface area contributed by atoms with E-state index in [9.17, 15) is 13.2 Å². The first kappa shape index (κ1) is 18.6. The maximum atomic E-state index is 12.8. The van der Waals surface area contributed by atoms with Gasteiger partial charge in [0.2, 0.25) is 15.9 Å². The number of hydrogen-bond donors (Lipinski definition) is 2. The Hall–Kier alpha value is -2.77. The summed E-state index contributed by atoms with van der Waals surface area (Å²) in [6.45, 7) is 2.07. The van der Waals surface area contributed by atoms with Crippen molar-refractivity contribution in [3.63, 3.8) is 0 Å². The first-order valence-corrected chi connectivity index (χ1v) is 10.7. The molecule has 4 rings (SSSR count). The van der Waals surface area contributed by atoms with E-state index in [1.54, 1.807) is 42.6 Å². The van der Waals surface area contributed by atoms with Gasteiger partial charge in [-0.1, -0.05) is 24.3 Å². The molecule has 0 radical (unpaired) electrons. The lowest BCUT2D eigenvalue weighted by Crippen LogP contribution is -2.23. The first-order chi connectivity index (χ1) is 13.4. The molecule has 0 unspecified atom stereocenters. The fourth-order valence-electron chi connectivity index (χ4n) is 3.01. The normalized spacial score (nSPS) is 14.2. The highest BCUT2D eigenvalue weighted by Gasteiger charge is 2.29.